The first-order chi connectivity index (χ1) is 9.19. The van der Waals surface area contributed by atoms with Crippen molar-refractivity contribution in [2.45, 2.75) is 19.5 Å². The van der Waals surface area contributed by atoms with Gasteiger partial charge in [0.05, 0.1) is 19.3 Å². The van der Waals surface area contributed by atoms with Gasteiger partial charge in [0.15, 0.2) is 0 Å². The molecule has 0 aliphatic heterocycles. The number of hydrogen-bond donors (Lipinski definition) is 2. The quantitative estimate of drug-likeness (QED) is 0.831. The molecular formula is C15H22N2O2. The maximum atomic E-state index is 9.26. The molecule has 2 rings (SSSR count). The van der Waals surface area contributed by atoms with E-state index in [1.807, 2.05) is 0 Å². The van der Waals surface area contributed by atoms with Crippen molar-refractivity contribution in [3.05, 3.63) is 35.5 Å². The molecule has 104 valence electrons. The van der Waals surface area contributed by atoms with Crippen molar-refractivity contribution >= 4 is 10.9 Å². The molecule has 1 aromatic heterocycles. The predicted octanol–water partition coefficient (Wildman–Crippen LogP) is 1.58. The fraction of sp³-hybridized carbons (Fsp3) is 0.467. The Bertz CT molecular complexity index is 509. The van der Waals surface area contributed by atoms with E-state index in [1.54, 1.807) is 7.11 Å². The monoisotopic (exact) mass is 262 g/mol. The van der Waals surface area contributed by atoms with E-state index in [4.69, 9.17) is 4.74 Å². The highest BCUT2D eigenvalue weighted by Gasteiger charge is 2.13. The average molecular weight is 262 g/mol. The summed E-state index contributed by atoms with van der Waals surface area (Å²) in [4.78, 5) is 0. The van der Waals surface area contributed by atoms with Crippen molar-refractivity contribution < 1.29 is 9.84 Å². The number of nitrogens with zero attached hydrogens (tertiary/aromatic N) is 1. The third-order valence-electron chi connectivity index (χ3n) is 3.65. The number of fused-ring (bicyclic) bond motifs is 1. The van der Waals surface area contributed by atoms with Gasteiger partial charge in [-0.05, 0) is 18.6 Å². The second-order valence-electron chi connectivity index (χ2n) is 4.86. The summed E-state index contributed by atoms with van der Waals surface area (Å²) >= 11 is 0. The zero-order valence-electron chi connectivity index (χ0n) is 11.8. The fourth-order valence-corrected chi connectivity index (χ4v) is 2.51. The number of aryl methyl sites for hydroxylation is 2. The Morgan fingerprint density at radius 1 is 1.37 bits per heavy atom. The van der Waals surface area contributed by atoms with Crippen molar-refractivity contribution in [1.29, 1.82) is 0 Å². The topological polar surface area (TPSA) is 46.4 Å². The molecule has 0 radical (unpaired) electrons. The lowest BCUT2D eigenvalue weighted by Crippen LogP contribution is -2.36. The summed E-state index contributed by atoms with van der Waals surface area (Å²) in [5.41, 5.74) is 3.78. The standard InChI is InChI=1S/C15H22N2O2/c1-11-13-6-4-5-7-14(13)17(2)15(11)8-16-12(9-18)10-19-3/h4-7,12,16,18H,8-10H2,1-3H3. The second kappa shape index (κ2) is 6.19. The molecular weight excluding hydrogens is 240 g/mol. The van der Waals surface area contributed by atoms with E-state index in [0.717, 1.165) is 6.54 Å². The minimum absolute atomic E-state index is 0.0255. The van der Waals surface area contributed by atoms with Crippen molar-refractivity contribution in [1.82, 2.24) is 9.88 Å². The van der Waals surface area contributed by atoms with Crippen LogP contribution in [0, 0.1) is 6.92 Å². The lowest BCUT2D eigenvalue weighted by atomic mass is 10.1. The third kappa shape index (κ3) is 2.81. The molecule has 2 aromatic rings. The van der Waals surface area contributed by atoms with Crippen LogP contribution in [0.1, 0.15) is 11.3 Å². The van der Waals surface area contributed by atoms with E-state index in [2.05, 4.69) is 48.1 Å². The summed E-state index contributed by atoms with van der Waals surface area (Å²) in [6.45, 7) is 3.46. The van der Waals surface area contributed by atoms with Gasteiger partial charge < -0.3 is 19.7 Å². The van der Waals surface area contributed by atoms with Crippen LogP contribution in [-0.4, -0.2) is 36.0 Å². The molecule has 0 spiro atoms. The molecule has 1 atom stereocenters. The molecule has 4 heteroatoms. The summed E-state index contributed by atoms with van der Waals surface area (Å²) in [5, 5.41) is 13.9. The van der Waals surface area contributed by atoms with E-state index in [0.29, 0.717) is 6.61 Å². The SMILES string of the molecule is COCC(CO)NCc1c(C)c2ccccc2n1C. The molecule has 1 unspecified atom stereocenters. The van der Waals surface area contributed by atoms with Crippen LogP contribution in [0.15, 0.2) is 24.3 Å². The number of aromatic nitrogens is 1. The summed E-state index contributed by atoms with van der Waals surface area (Å²) in [6.07, 6.45) is 0. The number of nitrogens with one attached hydrogen (secondary N) is 1. The Morgan fingerprint density at radius 2 is 2.11 bits per heavy atom. The van der Waals surface area contributed by atoms with E-state index in [9.17, 15) is 5.11 Å². The van der Waals surface area contributed by atoms with Crippen molar-refractivity contribution in [2.24, 2.45) is 7.05 Å². The van der Waals surface area contributed by atoms with E-state index >= 15 is 0 Å². The summed E-state index contributed by atoms with van der Waals surface area (Å²) < 4.78 is 7.28. The van der Waals surface area contributed by atoms with Gasteiger partial charge in [-0.3, -0.25) is 0 Å². The molecule has 0 bridgehead atoms. The van der Waals surface area contributed by atoms with Gasteiger partial charge in [-0.1, -0.05) is 18.2 Å². The van der Waals surface area contributed by atoms with Gasteiger partial charge >= 0.3 is 0 Å². The lowest BCUT2D eigenvalue weighted by Gasteiger charge is -2.16. The molecule has 19 heavy (non-hydrogen) atoms. The molecule has 1 aromatic carbocycles. The minimum Gasteiger partial charge on any atom is -0.395 e. The molecule has 0 amide bonds. The van der Waals surface area contributed by atoms with Crippen LogP contribution >= 0.6 is 0 Å². The Kier molecular flexibility index (Phi) is 4.58. The van der Waals surface area contributed by atoms with Crippen LogP contribution in [0.5, 0.6) is 0 Å². The van der Waals surface area contributed by atoms with Crippen LogP contribution in [0.3, 0.4) is 0 Å². The normalized spacial score (nSPS) is 13.1. The Hall–Kier alpha value is -1.36. The Morgan fingerprint density at radius 3 is 2.74 bits per heavy atom. The number of rotatable bonds is 6. The zero-order valence-corrected chi connectivity index (χ0v) is 11.8. The molecule has 2 N–H and O–H groups in total. The molecule has 0 saturated heterocycles. The highest BCUT2D eigenvalue weighted by Crippen LogP contribution is 2.24. The van der Waals surface area contributed by atoms with Gasteiger partial charge in [-0.2, -0.15) is 0 Å². The second-order valence-corrected chi connectivity index (χ2v) is 4.86. The van der Waals surface area contributed by atoms with Crippen LogP contribution in [0.25, 0.3) is 10.9 Å². The summed E-state index contributed by atoms with van der Waals surface area (Å²) in [7, 11) is 3.73. The number of benzene rings is 1. The Labute approximate surface area is 114 Å². The number of aliphatic hydroxyl groups excluding tert-OH is 1. The molecule has 0 saturated carbocycles. The first-order valence-electron chi connectivity index (χ1n) is 6.55. The number of methoxy groups -OCH3 is 1. The van der Waals surface area contributed by atoms with Gasteiger partial charge in [0.2, 0.25) is 0 Å². The van der Waals surface area contributed by atoms with Crippen molar-refractivity contribution in [2.75, 3.05) is 20.3 Å². The van der Waals surface area contributed by atoms with Crippen LogP contribution in [0.2, 0.25) is 0 Å². The van der Waals surface area contributed by atoms with E-state index < -0.39 is 0 Å². The summed E-state index contributed by atoms with van der Waals surface area (Å²) in [5.74, 6) is 0. The predicted molar refractivity (Wildman–Crippen MR) is 77.2 cm³/mol. The Balaban J connectivity index is 2.21. The van der Waals surface area contributed by atoms with E-state index in [1.165, 1.54) is 22.2 Å². The van der Waals surface area contributed by atoms with Crippen LogP contribution in [-0.2, 0) is 18.3 Å². The molecule has 1 heterocycles. The number of aliphatic hydroxyl groups is 1. The van der Waals surface area contributed by atoms with E-state index in [-0.39, 0.29) is 12.6 Å². The van der Waals surface area contributed by atoms with Gasteiger partial charge in [0.25, 0.3) is 0 Å². The van der Waals surface area contributed by atoms with Crippen molar-refractivity contribution in [3.63, 3.8) is 0 Å². The van der Waals surface area contributed by atoms with Gasteiger partial charge in [-0.15, -0.1) is 0 Å². The molecule has 0 fully saturated rings. The maximum Gasteiger partial charge on any atom is 0.0638 e. The first-order valence-corrected chi connectivity index (χ1v) is 6.55. The first kappa shape index (κ1) is 14.1. The molecule has 0 aliphatic carbocycles. The highest BCUT2D eigenvalue weighted by molar-refractivity contribution is 5.85. The smallest absolute Gasteiger partial charge is 0.0638 e. The van der Waals surface area contributed by atoms with Crippen molar-refractivity contribution in [3.8, 4) is 0 Å². The van der Waals surface area contributed by atoms with Gasteiger partial charge in [-0.25, -0.2) is 0 Å². The van der Waals surface area contributed by atoms with Crippen LogP contribution < -0.4 is 5.32 Å². The zero-order chi connectivity index (χ0) is 13.8. The summed E-state index contributed by atoms with van der Waals surface area (Å²) in [6, 6.07) is 8.37. The molecule has 0 aliphatic rings. The minimum atomic E-state index is -0.0255. The number of para-hydroxylation sites is 1. The lowest BCUT2D eigenvalue weighted by molar-refractivity contribution is 0.127. The van der Waals surface area contributed by atoms with Crippen LogP contribution in [0.4, 0.5) is 0 Å². The van der Waals surface area contributed by atoms with Gasteiger partial charge in [0.1, 0.15) is 0 Å². The largest absolute Gasteiger partial charge is 0.395 e. The third-order valence-corrected chi connectivity index (χ3v) is 3.65. The average Bonchev–Trinajstić information content (AvgIpc) is 2.68. The fourth-order valence-electron chi connectivity index (χ4n) is 2.51. The number of hydrogen-bond acceptors (Lipinski definition) is 3. The number of ether oxygens (including phenoxy) is 1. The van der Waals surface area contributed by atoms with Gasteiger partial charge in [0, 0.05) is 37.3 Å². The molecule has 4 nitrogen and oxygen atoms in total. The maximum absolute atomic E-state index is 9.26. The highest BCUT2D eigenvalue weighted by atomic mass is 16.5.